The summed E-state index contributed by atoms with van der Waals surface area (Å²) < 4.78 is 26.0. The van der Waals surface area contributed by atoms with E-state index in [0.29, 0.717) is 17.9 Å². The van der Waals surface area contributed by atoms with Crippen LogP contribution < -0.4 is 20.7 Å². The molecule has 0 saturated carbocycles. The lowest BCUT2D eigenvalue weighted by Crippen LogP contribution is -2.47. The van der Waals surface area contributed by atoms with Crippen molar-refractivity contribution in [3.05, 3.63) is 89.7 Å². The summed E-state index contributed by atoms with van der Waals surface area (Å²) in [5, 5.41) is 18.2. The molecule has 0 unspecified atom stereocenters. The number of fused-ring (bicyclic) bond motifs is 3. The maximum atomic E-state index is 13.9. The van der Waals surface area contributed by atoms with Crippen molar-refractivity contribution in [2.75, 3.05) is 17.2 Å². The van der Waals surface area contributed by atoms with Crippen LogP contribution in [0.15, 0.2) is 72.8 Å². The van der Waals surface area contributed by atoms with Gasteiger partial charge in [-0.15, -0.1) is 0 Å². The van der Waals surface area contributed by atoms with Gasteiger partial charge in [0, 0.05) is 17.2 Å². The van der Waals surface area contributed by atoms with Crippen LogP contribution in [0.5, 0.6) is 5.75 Å². The first-order chi connectivity index (χ1) is 18.4. The highest BCUT2D eigenvalue weighted by atomic mass is 19.1. The predicted molar refractivity (Wildman–Crippen MR) is 141 cm³/mol. The standard InChI is InChI=1S/C29H30FN3O5/c1-17(18-7-3-2-4-8-18)31-27(35)15-20-14-22-21-13-19(11-12-25(21)38-28(22)26(16-34)37-20)32-29(36)33-24-10-6-5-9-23(24)30/h2-13,17,20,22,26,28,34H,14-16H2,1H3,(H,31,35)(H2,32,33,36)/t17-,20-,22-,26-,28+/m1/s1. The number of aliphatic hydroxyl groups is 1. The van der Waals surface area contributed by atoms with E-state index in [-0.39, 0.29) is 36.6 Å². The topological polar surface area (TPSA) is 109 Å². The molecule has 2 aliphatic heterocycles. The fourth-order valence-corrected chi connectivity index (χ4v) is 5.15. The summed E-state index contributed by atoms with van der Waals surface area (Å²) in [6, 6.07) is 20.2. The second kappa shape index (κ2) is 11.2. The zero-order valence-corrected chi connectivity index (χ0v) is 20.9. The van der Waals surface area contributed by atoms with E-state index in [1.165, 1.54) is 12.1 Å². The fourth-order valence-electron chi connectivity index (χ4n) is 5.15. The second-order valence-corrected chi connectivity index (χ2v) is 9.62. The average Bonchev–Trinajstić information content (AvgIpc) is 3.28. The molecule has 4 N–H and O–H groups in total. The summed E-state index contributed by atoms with van der Waals surface area (Å²) in [4.78, 5) is 25.3. The third-order valence-electron chi connectivity index (χ3n) is 6.97. The molecule has 3 amide bonds. The van der Waals surface area contributed by atoms with E-state index < -0.39 is 30.2 Å². The lowest BCUT2D eigenvalue weighted by molar-refractivity contribution is -0.142. The SMILES string of the molecule is C[C@@H](NC(=O)C[C@H]1C[C@@H]2c3cc(NC(=O)Nc4ccccc4F)ccc3O[C@@H]2[C@@H](CO)O1)c1ccccc1. The number of anilines is 2. The lowest BCUT2D eigenvalue weighted by atomic mass is 9.84. The van der Waals surface area contributed by atoms with E-state index >= 15 is 0 Å². The maximum Gasteiger partial charge on any atom is 0.323 e. The number of urea groups is 1. The molecule has 1 saturated heterocycles. The van der Waals surface area contributed by atoms with Gasteiger partial charge < -0.3 is 30.5 Å². The normalized spacial score (nSPS) is 22.4. The number of para-hydroxylation sites is 1. The minimum Gasteiger partial charge on any atom is -0.487 e. The van der Waals surface area contributed by atoms with Gasteiger partial charge in [-0.3, -0.25) is 4.79 Å². The second-order valence-electron chi connectivity index (χ2n) is 9.62. The number of amides is 3. The molecule has 1 fully saturated rings. The molecule has 0 aliphatic carbocycles. The third-order valence-corrected chi connectivity index (χ3v) is 6.97. The molecular weight excluding hydrogens is 489 g/mol. The Morgan fingerprint density at radius 3 is 2.58 bits per heavy atom. The van der Waals surface area contributed by atoms with Crippen molar-refractivity contribution in [2.45, 2.75) is 50.0 Å². The van der Waals surface area contributed by atoms with Crippen molar-refractivity contribution in [1.29, 1.82) is 0 Å². The van der Waals surface area contributed by atoms with Crippen molar-refractivity contribution >= 4 is 23.3 Å². The minimum atomic E-state index is -0.591. The Kier molecular flexibility index (Phi) is 7.57. The van der Waals surface area contributed by atoms with Crippen molar-refractivity contribution in [3.8, 4) is 5.75 Å². The zero-order chi connectivity index (χ0) is 26.6. The number of rotatable bonds is 7. The van der Waals surface area contributed by atoms with Gasteiger partial charge >= 0.3 is 6.03 Å². The molecule has 198 valence electrons. The smallest absolute Gasteiger partial charge is 0.323 e. The van der Waals surface area contributed by atoms with Gasteiger partial charge in [0.15, 0.2) is 0 Å². The molecule has 3 aromatic rings. The Morgan fingerprint density at radius 1 is 1.05 bits per heavy atom. The third kappa shape index (κ3) is 5.64. The Bertz CT molecular complexity index is 1300. The van der Waals surface area contributed by atoms with Gasteiger partial charge in [-0.2, -0.15) is 0 Å². The first kappa shape index (κ1) is 25.7. The van der Waals surface area contributed by atoms with Crippen LogP contribution in [0.4, 0.5) is 20.6 Å². The van der Waals surface area contributed by atoms with Crippen molar-refractivity contribution in [2.24, 2.45) is 0 Å². The monoisotopic (exact) mass is 519 g/mol. The molecule has 38 heavy (non-hydrogen) atoms. The van der Waals surface area contributed by atoms with Gasteiger partial charge in [0.25, 0.3) is 0 Å². The maximum absolute atomic E-state index is 13.9. The average molecular weight is 520 g/mol. The minimum absolute atomic E-state index is 0.0764. The Morgan fingerprint density at radius 2 is 1.82 bits per heavy atom. The molecule has 9 heteroatoms. The highest BCUT2D eigenvalue weighted by molar-refractivity contribution is 6.00. The summed E-state index contributed by atoms with van der Waals surface area (Å²) in [6.07, 6.45) is -0.736. The number of benzene rings is 3. The molecule has 0 aromatic heterocycles. The number of hydrogen-bond donors (Lipinski definition) is 4. The Hall–Kier alpha value is -3.95. The van der Waals surface area contributed by atoms with Crippen LogP contribution in [0.1, 0.15) is 42.9 Å². The molecule has 5 atom stereocenters. The number of aliphatic hydroxyl groups excluding tert-OH is 1. The zero-order valence-electron chi connectivity index (χ0n) is 20.9. The van der Waals surface area contributed by atoms with Crippen LogP contribution >= 0.6 is 0 Å². The first-order valence-electron chi connectivity index (χ1n) is 12.6. The van der Waals surface area contributed by atoms with Crippen molar-refractivity contribution < 1.29 is 28.6 Å². The van der Waals surface area contributed by atoms with E-state index in [4.69, 9.17) is 9.47 Å². The highest BCUT2D eigenvalue weighted by Gasteiger charge is 2.46. The van der Waals surface area contributed by atoms with Crippen molar-refractivity contribution in [1.82, 2.24) is 5.32 Å². The molecule has 5 rings (SSSR count). The lowest BCUT2D eigenvalue weighted by Gasteiger charge is -2.37. The largest absolute Gasteiger partial charge is 0.487 e. The van der Waals surface area contributed by atoms with Crippen LogP contribution in [0.3, 0.4) is 0 Å². The first-order valence-corrected chi connectivity index (χ1v) is 12.6. The van der Waals surface area contributed by atoms with Gasteiger partial charge in [0.1, 0.15) is 23.8 Å². The highest BCUT2D eigenvalue weighted by Crippen LogP contribution is 2.47. The van der Waals surface area contributed by atoms with Crippen molar-refractivity contribution in [3.63, 3.8) is 0 Å². The van der Waals surface area contributed by atoms with Crippen LogP contribution in [0.2, 0.25) is 0 Å². The molecule has 8 nitrogen and oxygen atoms in total. The van der Waals surface area contributed by atoms with Gasteiger partial charge in [-0.05, 0) is 49.2 Å². The quantitative estimate of drug-likeness (QED) is 0.361. The van der Waals surface area contributed by atoms with Crippen LogP contribution in [0, 0.1) is 5.82 Å². The van der Waals surface area contributed by atoms with Gasteiger partial charge in [-0.25, -0.2) is 9.18 Å². The van der Waals surface area contributed by atoms with Gasteiger partial charge in [-0.1, -0.05) is 42.5 Å². The van der Waals surface area contributed by atoms with Gasteiger partial charge in [0.2, 0.25) is 5.91 Å². The molecule has 0 radical (unpaired) electrons. The number of ether oxygens (including phenoxy) is 2. The van der Waals surface area contributed by atoms with Crippen LogP contribution in [0.25, 0.3) is 0 Å². The van der Waals surface area contributed by atoms with E-state index in [1.54, 1.807) is 24.3 Å². The van der Waals surface area contributed by atoms with Gasteiger partial charge in [0.05, 0.1) is 30.9 Å². The van der Waals surface area contributed by atoms with E-state index in [2.05, 4.69) is 16.0 Å². The van der Waals surface area contributed by atoms with Crippen LogP contribution in [-0.4, -0.2) is 42.0 Å². The van der Waals surface area contributed by atoms with Crippen LogP contribution in [-0.2, 0) is 9.53 Å². The number of carbonyl (C=O) groups excluding carboxylic acids is 2. The molecule has 2 aliphatic rings. The fraction of sp³-hybridized carbons (Fsp3) is 0.310. The number of nitrogens with one attached hydrogen (secondary N) is 3. The van der Waals surface area contributed by atoms with E-state index in [1.807, 2.05) is 43.3 Å². The molecule has 0 spiro atoms. The Labute approximate surface area is 220 Å². The predicted octanol–water partition coefficient (Wildman–Crippen LogP) is 4.73. The number of carbonyl (C=O) groups is 2. The summed E-state index contributed by atoms with van der Waals surface area (Å²) in [6.45, 7) is 1.68. The summed E-state index contributed by atoms with van der Waals surface area (Å²) in [5.74, 6) is -0.152. The summed E-state index contributed by atoms with van der Waals surface area (Å²) in [5.41, 5.74) is 2.46. The summed E-state index contributed by atoms with van der Waals surface area (Å²) >= 11 is 0. The van der Waals surface area contributed by atoms with E-state index in [0.717, 1.165) is 11.1 Å². The Balaban J connectivity index is 1.25. The number of halogens is 1. The summed E-state index contributed by atoms with van der Waals surface area (Å²) in [7, 11) is 0. The molecule has 2 heterocycles. The molecular formula is C29H30FN3O5. The molecule has 0 bridgehead atoms. The molecule has 3 aromatic carbocycles. The number of hydrogen-bond acceptors (Lipinski definition) is 5. The van der Waals surface area contributed by atoms with E-state index in [9.17, 15) is 19.1 Å².